The molecule has 214 valence electrons. The van der Waals surface area contributed by atoms with Crippen molar-refractivity contribution in [3.05, 3.63) is 83.9 Å². The molecule has 1 atom stereocenters. The molecular formula is C29H31FN6O5. The number of para-hydroxylation sites is 1. The van der Waals surface area contributed by atoms with E-state index in [-0.39, 0.29) is 35.1 Å². The van der Waals surface area contributed by atoms with E-state index in [1.807, 2.05) is 0 Å². The van der Waals surface area contributed by atoms with Gasteiger partial charge in [-0.15, -0.1) is 0 Å². The number of benzene rings is 2. The van der Waals surface area contributed by atoms with Crippen LogP contribution in [0.5, 0.6) is 0 Å². The number of H-pyrrole nitrogens is 1. The smallest absolute Gasteiger partial charge is 0.322 e. The maximum absolute atomic E-state index is 15.3. The van der Waals surface area contributed by atoms with Gasteiger partial charge in [-0.2, -0.15) is 0 Å². The number of fused-ring (bicyclic) bond motifs is 2. The summed E-state index contributed by atoms with van der Waals surface area (Å²) in [5, 5.41) is 3.08. The first-order chi connectivity index (χ1) is 19.6. The lowest BCUT2D eigenvalue weighted by Crippen LogP contribution is -2.48. The minimum Gasteiger partial charge on any atom is -0.322 e. The fourth-order valence-electron chi connectivity index (χ4n) is 5.77. The molecule has 1 aliphatic heterocycles. The Morgan fingerprint density at radius 1 is 1.05 bits per heavy atom. The zero-order valence-corrected chi connectivity index (χ0v) is 22.9. The third kappa shape index (κ3) is 4.76. The van der Waals surface area contributed by atoms with E-state index in [0.29, 0.717) is 36.8 Å². The summed E-state index contributed by atoms with van der Waals surface area (Å²) >= 11 is 0. The average molecular weight is 563 g/mol. The van der Waals surface area contributed by atoms with Crippen molar-refractivity contribution in [2.24, 2.45) is 5.92 Å². The lowest BCUT2D eigenvalue weighted by molar-refractivity contribution is 0.176. The summed E-state index contributed by atoms with van der Waals surface area (Å²) in [6.45, 7) is 4.31. The van der Waals surface area contributed by atoms with Crippen molar-refractivity contribution in [3.63, 3.8) is 0 Å². The van der Waals surface area contributed by atoms with Gasteiger partial charge >= 0.3 is 17.4 Å². The largest absolute Gasteiger partial charge is 0.331 e. The molecule has 2 aliphatic rings. The average Bonchev–Trinajstić information content (AvgIpc) is 3.76. The van der Waals surface area contributed by atoms with Crippen molar-refractivity contribution in [2.75, 3.05) is 18.4 Å². The molecule has 1 saturated heterocycles. The first-order valence-corrected chi connectivity index (χ1v) is 13.9. The summed E-state index contributed by atoms with van der Waals surface area (Å²) < 4.78 is 19.1. The van der Waals surface area contributed by atoms with E-state index in [0.717, 1.165) is 23.5 Å². The molecule has 0 unspecified atom stereocenters. The number of carbonyl (C=O) groups excluding carboxylic acids is 1. The third-order valence-electron chi connectivity index (χ3n) is 8.04. The van der Waals surface area contributed by atoms with E-state index in [4.69, 9.17) is 0 Å². The topological polar surface area (TPSA) is 131 Å². The summed E-state index contributed by atoms with van der Waals surface area (Å²) in [7, 11) is 0. The van der Waals surface area contributed by atoms with Gasteiger partial charge < -0.3 is 15.2 Å². The van der Waals surface area contributed by atoms with Crippen LogP contribution in [0.1, 0.15) is 51.6 Å². The van der Waals surface area contributed by atoms with E-state index >= 15 is 4.39 Å². The van der Waals surface area contributed by atoms with Gasteiger partial charge in [0.05, 0.1) is 33.5 Å². The quantitative estimate of drug-likeness (QED) is 0.386. The highest BCUT2D eigenvalue weighted by molar-refractivity contribution is 5.93. The second kappa shape index (κ2) is 10.2. The van der Waals surface area contributed by atoms with Crippen molar-refractivity contribution >= 4 is 33.5 Å². The van der Waals surface area contributed by atoms with Crippen LogP contribution < -0.4 is 27.8 Å². The Balaban J connectivity index is 1.31. The van der Waals surface area contributed by atoms with Crippen LogP contribution in [-0.4, -0.2) is 42.7 Å². The van der Waals surface area contributed by atoms with Gasteiger partial charge in [-0.05, 0) is 63.6 Å². The van der Waals surface area contributed by atoms with Crippen molar-refractivity contribution in [2.45, 2.75) is 58.2 Å². The SMILES string of the molecule is CC(C)n1c(=O)n(CC2CC2)c(=O)c2cc(NC(=O)N3CCC[C@@H](n4c(=O)[nH]c5ccccc5c4=O)C3)c(F)cc21. The monoisotopic (exact) mass is 562 g/mol. The molecule has 2 fully saturated rings. The van der Waals surface area contributed by atoms with Gasteiger partial charge in [-0.3, -0.25) is 23.3 Å². The van der Waals surface area contributed by atoms with E-state index in [1.54, 1.807) is 38.1 Å². The lowest BCUT2D eigenvalue weighted by Gasteiger charge is -2.33. The predicted octanol–water partition coefficient (Wildman–Crippen LogP) is 3.17. The number of hydrogen-bond acceptors (Lipinski definition) is 5. The van der Waals surface area contributed by atoms with Crippen LogP contribution >= 0.6 is 0 Å². The summed E-state index contributed by atoms with van der Waals surface area (Å²) in [4.78, 5) is 69.9. The summed E-state index contributed by atoms with van der Waals surface area (Å²) in [6, 6.07) is 7.63. The predicted molar refractivity (Wildman–Crippen MR) is 153 cm³/mol. The number of nitrogens with zero attached hydrogens (tertiary/aromatic N) is 4. The minimum atomic E-state index is -0.783. The fraction of sp³-hybridized carbons (Fsp3) is 0.414. The Kier molecular flexibility index (Phi) is 6.63. The number of urea groups is 1. The number of carbonyl (C=O) groups is 1. The molecule has 0 spiro atoms. The number of amides is 2. The zero-order chi connectivity index (χ0) is 29.0. The summed E-state index contributed by atoms with van der Waals surface area (Å²) in [5.41, 5.74) is -1.55. The molecule has 0 bridgehead atoms. The molecule has 1 aliphatic carbocycles. The van der Waals surface area contributed by atoms with Crippen LogP contribution in [0.25, 0.3) is 21.8 Å². The second-order valence-electron chi connectivity index (χ2n) is 11.3. The van der Waals surface area contributed by atoms with Gasteiger partial charge in [0.2, 0.25) is 0 Å². The molecule has 12 heteroatoms. The Morgan fingerprint density at radius 2 is 1.80 bits per heavy atom. The third-order valence-corrected chi connectivity index (χ3v) is 8.04. The normalized spacial score (nSPS) is 17.5. The summed E-state index contributed by atoms with van der Waals surface area (Å²) in [5.74, 6) is -0.512. The van der Waals surface area contributed by atoms with Gasteiger partial charge in [-0.25, -0.2) is 18.8 Å². The molecular weight excluding hydrogens is 531 g/mol. The van der Waals surface area contributed by atoms with Crippen LogP contribution in [0.2, 0.25) is 0 Å². The van der Waals surface area contributed by atoms with Crippen molar-refractivity contribution in [1.82, 2.24) is 23.6 Å². The molecule has 2 N–H and O–H groups in total. The maximum atomic E-state index is 15.3. The molecule has 4 aromatic rings. The molecule has 41 heavy (non-hydrogen) atoms. The molecule has 3 heterocycles. The molecule has 6 rings (SSSR count). The van der Waals surface area contributed by atoms with Gasteiger partial charge in [0, 0.05) is 31.7 Å². The number of piperidine rings is 1. The number of aromatic nitrogens is 4. The second-order valence-corrected chi connectivity index (χ2v) is 11.3. The number of hydrogen-bond donors (Lipinski definition) is 2. The van der Waals surface area contributed by atoms with E-state index in [1.165, 1.54) is 20.1 Å². The number of anilines is 1. The number of likely N-dealkylation sites (tertiary alicyclic amines) is 1. The molecule has 2 aromatic heterocycles. The van der Waals surface area contributed by atoms with Crippen LogP contribution in [0.15, 0.2) is 55.6 Å². The minimum absolute atomic E-state index is 0.0729. The van der Waals surface area contributed by atoms with Gasteiger partial charge in [0.1, 0.15) is 5.82 Å². The standard InChI is InChI=1S/C29H31FN6O5/c1-16(2)35-24-13-21(30)23(12-20(24)25(37)34(29(35)41)14-17-9-10-17)32-27(39)33-11-5-6-18(15-33)36-26(38)19-7-3-4-8-22(19)31-28(36)40/h3-4,7-8,12-13,16-18H,5-6,9-11,14-15H2,1-2H3,(H,31,40)(H,32,39)/t18-/m1/s1. The zero-order valence-electron chi connectivity index (χ0n) is 22.9. The number of halogens is 1. The highest BCUT2D eigenvalue weighted by Crippen LogP contribution is 2.30. The Morgan fingerprint density at radius 3 is 2.54 bits per heavy atom. The Labute approximate surface area is 232 Å². The fourth-order valence-corrected chi connectivity index (χ4v) is 5.77. The van der Waals surface area contributed by atoms with Crippen LogP contribution in [0.4, 0.5) is 14.9 Å². The first kappa shape index (κ1) is 26.7. The maximum Gasteiger partial charge on any atom is 0.331 e. The molecule has 0 radical (unpaired) electrons. The van der Waals surface area contributed by atoms with Crippen molar-refractivity contribution < 1.29 is 9.18 Å². The molecule has 1 saturated carbocycles. The van der Waals surface area contributed by atoms with Crippen LogP contribution in [0.3, 0.4) is 0 Å². The number of rotatable bonds is 5. The molecule has 2 aromatic carbocycles. The van der Waals surface area contributed by atoms with Gasteiger partial charge in [-0.1, -0.05) is 12.1 Å². The van der Waals surface area contributed by atoms with Gasteiger partial charge in [0.25, 0.3) is 11.1 Å². The summed E-state index contributed by atoms with van der Waals surface area (Å²) in [6.07, 6.45) is 2.95. The van der Waals surface area contributed by atoms with Gasteiger partial charge in [0.15, 0.2) is 0 Å². The highest BCUT2D eigenvalue weighted by Gasteiger charge is 2.29. The highest BCUT2D eigenvalue weighted by atomic mass is 19.1. The Bertz CT molecular complexity index is 1930. The van der Waals surface area contributed by atoms with E-state index in [9.17, 15) is 24.0 Å². The van der Waals surface area contributed by atoms with Crippen LogP contribution in [0, 0.1) is 11.7 Å². The van der Waals surface area contributed by atoms with E-state index < -0.39 is 40.4 Å². The van der Waals surface area contributed by atoms with Crippen molar-refractivity contribution in [3.8, 4) is 0 Å². The molecule has 2 amide bonds. The molecule has 11 nitrogen and oxygen atoms in total. The Hall–Kier alpha value is -4.48. The number of aromatic amines is 1. The number of nitrogens with one attached hydrogen (secondary N) is 2. The van der Waals surface area contributed by atoms with Crippen molar-refractivity contribution in [1.29, 1.82) is 0 Å². The lowest BCUT2D eigenvalue weighted by atomic mass is 10.1. The van der Waals surface area contributed by atoms with Crippen LogP contribution in [-0.2, 0) is 6.54 Å². The first-order valence-electron chi connectivity index (χ1n) is 13.9. The van der Waals surface area contributed by atoms with E-state index in [2.05, 4.69) is 10.3 Å².